The number of nitrogens with one attached hydrogen (secondary N) is 1. The number of aromatic nitrogens is 1. The Morgan fingerprint density at radius 1 is 1.14 bits per heavy atom. The first-order chi connectivity index (χ1) is 10.1. The molecule has 0 saturated carbocycles. The van der Waals surface area contributed by atoms with Gasteiger partial charge in [-0.2, -0.15) is 4.37 Å². The van der Waals surface area contributed by atoms with Gasteiger partial charge in [-0.15, -0.1) is 0 Å². The lowest BCUT2D eigenvalue weighted by atomic mass is 10.1. The average Bonchev–Trinajstić information content (AvgIpc) is 2.82. The molecule has 0 fully saturated rings. The molecule has 5 heteroatoms. The van der Waals surface area contributed by atoms with Crippen molar-refractivity contribution >= 4 is 28.2 Å². The predicted octanol–water partition coefficient (Wildman–Crippen LogP) is 4.49. The molecule has 0 unspecified atom stereocenters. The Balaban J connectivity index is 2.06. The quantitative estimate of drug-likeness (QED) is 0.484. The number of amides is 1. The smallest absolute Gasteiger partial charge is 0.232 e. The first-order valence-electron chi connectivity index (χ1n) is 7.86. The summed E-state index contributed by atoms with van der Waals surface area (Å²) in [5, 5.41) is 3.42. The van der Waals surface area contributed by atoms with Gasteiger partial charge in [0, 0.05) is 6.42 Å². The fourth-order valence-corrected chi connectivity index (χ4v) is 2.83. The van der Waals surface area contributed by atoms with Crippen LogP contribution in [0.15, 0.2) is 6.07 Å². The highest BCUT2D eigenvalue weighted by atomic mass is 32.1. The van der Waals surface area contributed by atoms with Crippen molar-refractivity contribution in [3.05, 3.63) is 11.8 Å². The highest BCUT2D eigenvalue weighted by Crippen LogP contribution is 2.16. The number of unbranched alkanes of at least 4 members (excludes halogenated alkanes) is 6. The maximum atomic E-state index is 11.7. The minimum Gasteiger partial charge on any atom is -0.316 e. The number of hydrogen-bond donors (Lipinski definition) is 1. The van der Waals surface area contributed by atoms with Gasteiger partial charge in [-0.25, -0.2) is 0 Å². The van der Waals surface area contributed by atoms with E-state index in [2.05, 4.69) is 16.6 Å². The van der Waals surface area contributed by atoms with E-state index in [1.54, 1.807) is 0 Å². The van der Waals surface area contributed by atoms with Crippen LogP contribution in [0.4, 0.5) is 5.00 Å². The largest absolute Gasteiger partial charge is 0.316 e. The van der Waals surface area contributed by atoms with E-state index in [9.17, 15) is 9.59 Å². The number of ketones is 1. The Hall–Kier alpha value is -1.23. The minimum absolute atomic E-state index is 0.0210. The zero-order valence-corrected chi connectivity index (χ0v) is 13.9. The van der Waals surface area contributed by atoms with E-state index in [1.165, 1.54) is 43.6 Å². The van der Waals surface area contributed by atoms with E-state index in [4.69, 9.17) is 0 Å². The Labute approximate surface area is 131 Å². The number of aryl methyl sites for hydroxylation is 1. The summed E-state index contributed by atoms with van der Waals surface area (Å²) in [5.41, 5.74) is 0.879. The van der Waals surface area contributed by atoms with Crippen LogP contribution >= 0.6 is 11.5 Å². The number of hydrogen-bond acceptors (Lipinski definition) is 4. The SMILES string of the molecule is CCCCCCCCCC(=O)CC(=O)Nc1cc(C)ns1. The molecule has 1 N–H and O–H groups in total. The third-order valence-corrected chi connectivity index (χ3v) is 4.10. The second-order valence-corrected chi connectivity index (χ2v) is 6.27. The topological polar surface area (TPSA) is 59.1 Å². The number of rotatable bonds is 11. The van der Waals surface area contributed by atoms with Crippen molar-refractivity contribution in [2.75, 3.05) is 5.32 Å². The summed E-state index contributed by atoms with van der Waals surface area (Å²) in [6.45, 7) is 4.08. The molecule has 0 saturated heterocycles. The molecule has 0 atom stereocenters. The normalized spacial score (nSPS) is 10.6. The van der Waals surface area contributed by atoms with Crippen LogP contribution in [-0.2, 0) is 9.59 Å². The van der Waals surface area contributed by atoms with E-state index in [0.29, 0.717) is 11.4 Å². The van der Waals surface area contributed by atoms with Crippen LogP contribution in [0.1, 0.15) is 70.4 Å². The molecule has 0 bridgehead atoms. The summed E-state index contributed by atoms with van der Waals surface area (Å²) >= 11 is 1.24. The molecule has 1 aromatic heterocycles. The summed E-state index contributed by atoms with van der Waals surface area (Å²) in [7, 11) is 0. The van der Waals surface area contributed by atoms with Crippen LogP contribution in [0.2, 0.25) is 0 Å². The van der Waals surface area contributed by atoms with E-state index in [-0.39, 0.29) is 18.1 Å². The summed E-state index contributed by atoms with van der Waals surface area (Å²) in [5.74, 6) is -0.200. The third kappa shape index (κ3) is 8.60. The Morgan fingerprint density at radius 2 is 1.81 bits per heavy atom. The highest BCUT2D eigenvalue weighted by molar-refractivity contribution is 7.10. The number of Topliss-reactive ketones (excluding diaryl/α,β-unsaturated/α-hetero) is 1. The maximum absolute atomic E-state index is 11.7. The van der Waals surface area contributed by atoms with E-state index in [1.807, 2.05) is 13.0 Å². The lowest BCUT2D eigenvalue weighted by molar-refractivity contribution is -0.125. The zero-order valence-electron chi connectivity index (χ0n) is 13.1. The van der Waals surface area contributed by atoms with Crippen molar-refractivity contribution in [1.29, 1.82) is 0 Å². The van der Waals surface area contributed by atoms with Gasteiger partial charge < -0.3 is 5.32 Å². The molecular formula is C16H26N2O2S. The van der Waals surface area contributed by atoms with Crippen LogP contribution in [0, 0.1) is 6.92 Å². The molecule has 1 heterocycles. The molecule has 1 aromatic rings. The molecule has 0 aliphatic heterocycles. The number of carbonyl (C=O) groups excluding carboxylic acids is 2. The molecule has 0 spiro atoms. The molecule has 0 radical (unpaired) electrons. The molecule has 0 aliphatic carbocycles. The van der Waals surface area contributed by atoms with Crippen molar-refractivity contribution < 1.29 is 9.59 Å². The molecule has 21 heavy (non-hydrogen) atoms. The molecule has 0 aliphatic rings. The van der Waals surface area contributed by atoms with Gasteiger partial charge in [-0.1, -0.05) is 45.4 Å². The fourth-order valence-electron chi connectivity index (χ4n) is 2.15. The monoisotopic (exact) mass is 310 g/mol. The molecule has 1 amide bonds. The van der Waals surface area contributed by atoms with Crippen LogP contribution in [0.3, 0.4) is 0 Å². The van der Waals surface area contributed by atoms with Crippen LogP contribution in [0.5, 0.6) is 0 Å². The van der Waals surface area contributed by atoms with E-state index >= 15 is 0 Å². The molecule has 0 aromatic carbocycles. The summed E-state index contributed by atoms with van der Waals surface area (Å²) in [4.78, 5) is 23.4. The Morgan fingerprint density at radius 3 is 2.43 bits per heavy atom. The molecule has 118 valence electrons. The standard InChI is InChI=1S/C16H26N2O2S/c1-3-4-5-6-7-8-9-10-14(19)12-15(20)17-16-11-13(2)18-21-16/h11H,3-10,12H2,1-2H3,(H,17,20). The summed E-state index contributed by atoms with van der Waals surface area (Å²) in [6, 6.07) is 1.81. The number of nitrogens with zero attached hydrogens (tertiary/aromatic N) is 1. The minimum atomic E-state index is -0.230. The molecule has 1 rings (SSSR count). The van der Waals surface area contributed by atoms with E-state index < -0.39 is 0 Å². The van der Waals surface area contributed by atoms with Crippen molar-refractivity contribution in [2.45, 2.75) is 71.6 Å². The first-order valence-corrected chi connectivity index (χ1v) is 8.64. The second-order valence-electron chi connectivity index (χ2n) is 5.47. The maximum Gasteiger partial charge on any atom is 0.232 e. The van der Waals surface area contributed by atoms with Crippen LogP contribution in [0.25, 0.3) is 0 Å². The molecule has 4 nitrogen and oxygen atoms in total. The van der Waals surface area contributed by atoms with Gasteiger partial charge in [0.25, 0.3) is 0 Å². The van der Waals surface area contributed by atoms with Gasteiger partial charge in [0.15, 0.2) is 0 Å². The zero-order chi connectivity index (χ0) is 15.5. The average molecular weight is 310 g/mol. The molecular weight excluding hydrogens is 284 g/mol. The van der Waals surface area contributed by atoms with E-state index in [0.717, 1.165) is 18.5 Å². The van der Waals surface area contributed by atoms with Crippen LogP contribution < -0.4 is 5.32 Å². The van der Waals surface area contributed by atoms with Gasteiger partial charge in [-0.3, -0.25) is 9.59 Å². The van der Waals surface area contributed by atoms with Gasteiger partial charge in [-0.05, 0) is 30.9 Å². The van der Waals surface area contributed by atoms with Crippen molar-refractivity contribution in [2.24, 2.45) is 0 Å². The van der Waals surface area contributed by atoms with Crippen LogP contribution in [-0.4, -0.2) is 16.1 Å². The van der Waals surface area contributed by atoms with Gasteiger partial charge in [0.2, 0.25) is 5.91 Å². The van der Waals surface area contributed by atoms with Crippen molar-refractivity contribution in [1.82, 2.24) is 4.37 Å². The highest BCUT2D eigenvalue weighted by Gasteiger charge is 2.10. The first kappa shape index (κ1) is 17.8. The van der Waals surface area contributed by atoms with Gasteiger partial charge in [0.05, 0.1) is 12.1 Å². The fraction of sp³-hybridized carbons (Fsp3) is 0.688. The summed E-state index contributed by atoms with van der Waals surface area (Å²) < 4.78 is 4.08. The van der Waals surface area contributed by atoms with Crippen molar-refractivity contribution in [3.8, 4) is 0 Å². The number of anilines is 1. The van der Waals surface area contributed by atoms with Gasteiger partial charge >= 0.3 is 0 Å². The predicted molar refractivity (Wildman–Crippen MR) is 87.7 cm³/mol. The lowest BCUT2D eigenvalue weighted by Crippen LogP contribution is -2.15. The summed E-state index contributed by atoms with van der Waals surface area (Å²) in [6.07, 6.45) is 8.79. The van der Waals surface area contributed by atoms with Crippen molar-refractivity contribution in [3.63, 3.8) is 0 Å². The third-order valence-electron chi connectivity index (χ3n) is 3.31. The second kappa shape index (κ2) is 10.5. The van der Waals surface area contributed by atoms with Gasteiger partial charge in [0.1, 0.15) is 10.8 Å². The lowest BCUT2D eigenvalue weighted by Gasteiger charge is -2.02. The Bertz CT molecular complexity index is 443. The Kier molecular flexibility index (Phi) is 8.90. The number of carbonyl (C=O) groups is 2.